The van der Waals surface area contributed by atoms with E-state index >= 15 is 0 Å². The Kier molecular flexibility index (Phi) is 10.1. The lowest BCUT2D eigenvalue weighted by Crippen LogP contribution is -2.51. The zero-order valence-electron chi connectivity index (χ0n) is 20.4. The molecule has 0 saturated carbocycles. The van der Waals surface area contributed by atoms with Gasteiger partial charge < -0.3 is 10.1 Å². The molecular formula is C28H32ClN3O2. The Morgan fingerprint density at radius 2 is 1.82 bits per heavy atom. The first kappa shape index (κ1) is 26.9. The van der Waals surface area contributed by atoms with Crippen molar-refractivity contribution in [1.29, 1.82) is 5.26 Å². The van der Waals surface area contributed by atoms with Crippen molar-refractivity contribution in [1.82, 2.24) is 10.3 Å². The number of hydrogen-bond donors (Lipinski definition) is 1. The molecule has 0 bridgehead atoms. The highest BCUT2D eigenvalue weighted by atomic mass is 35.5. The van der Waals surface area contributed by atoms with Crippen molar-refractivity contribution in [3.8, 4) is 11.9 Å². The van der Waals surface area contributed by atoms with Gasteiger partial charge in [0.05, 0.1) is 11.6 Å². The average molecular weight is 478 g/mol. The van der Waals surface area contributed by atoms with Crippen LogP contribution >= 0.6 is 11.6 Å². The Labute approximate surface area is 207 Å². The minimum absolute atomic E-state index is 0.0564. The highest BCUT2D eigenvalue weighted by molar-refractivity contribution is 6.30. The number of nitriles is 1. The third-order valence-corrected chi connectivity index (χ3v) is 5.57. The molecule has 0 aliphatic rings. The smallest absolute Gasteiger partial charge is 0.263 e. The normalized spacial score (nSPS) is 12.4. The molecular weight excluding hydrogens is 446 g/mol. The molecule has 5 nitrogen and oxygen atoms in total. The number of halogens is 1. The summed E-state index contributed by atoms with van der Waals surface area (Å²) in [5, 5.41) is 13.1. The highest BCUT2D eigenvalue weighted by Gasteiger charge is 2.33. The number of rotatable bonds is 8. The zero-order valence-corrected chi connectivity index (χ0v) is 21.1. The summed E-state index contributed by atoms with van der Waals surface area (Å²) < 4.78 is 5.84. The molecule has 3 rings (SSSR count). The number of amides is 1. The van der Waals surface area contributed by atoms with E-state index in [2.05, 4.69) is 16.4 Å². The van der Waals surface area contributed by atoms with Gasteiger partial charge >= 0.3 is 0 Å². The number of aromatic nitrogens is 1. The number of hydrogen-bond acceptors (Lipinski definition) is 4. The predicted octanol–water partition coefficient (Wildman–Crippen LogP) is 6.32. The first-order valence-corrected chi connectivity index (χ1v) is 11.8. The number of nitrogens with zero attached hydrogens (tertiary/aromatic N) is 2. The van der Waals surface area contributed by atoms with Crippen molar-refractivity contribution in [2.24, 2.45) is 0 Å². The third-order valence-electron chi connectivity index (χ3n) is 5.32. The van der Waals surface area contributed by atoms with Crippen LogP contribution < -0.4 is 10.1 Å². The summed E-state index contributed by atoms with van der Waals surface area (Å²) in [5.74, 6) is 0.0898. The number of nitrogens with one attached hydrogen (secondary N) is 1. The lowest BCUT2D eigenvalue weighted by molar-refractivity contribution is -0.135. The SMILES string of the molecule is CC.CC(NC(=O)C(C)(C)Oc1ccccn1)C(Cc1ccc(Cl)cc1)c1cccc(C#N)c1. The molecule has 2 atom stereocenters. The monoisotopic (exact) mass is 477 g/mol. The van der Waals surface area contributed by atoms with E-state index < -0.39 is 5.60 Å². The summed E-state index contributed by atoms with van der Waals surface area (Å²) in [5.41, 5.74) is 1.55. The van der Waals surface area contributed by atoms with Crippen molar-refractivity contribution in [2.75, 3.05) is 0 Å². The quantitative estimate of drug-likeness (QED) is 0.411. The summed E-state index contributed by atoms with van der Waals surface area (Å²) in [6, 6.07) is 22.5. The molecule has 0 fully saturated rings. The van der Waals surface area contributed by atoms with E-state index in [4.69, 9.17) is 16.3 Å². The van der Waals surface area contributed by atoms with Gasteiger partial charge in [0.1, 0.15) is 0 Å². The van der Waals surface area contributed by atoms with E-state index in [-0.39, 0.29) is 17.9 Å². The maximum Gasteiger partial charge on any atom is 0.263 e. The molecule has 0 saturated heterocycles. The van der Waals surface area contributed by atoms with Crippen LogP contribution in [0.5, 0.6) is 5.88 Å². The van der Waals surface area contributed by atoms with Gasteiger partial charge in [0.25, 0.3) is 5.91 Å². The van der Waals surface area contributed by atoms with Crippen LogP contribution in [-0.2, 0) is 11.2 Å². The molecule has 1 amide bonds. The fourth-order valence-corrected chi connectivity index (χ4v) is 3.62. The van der Waals surface area contributed by atoms with Gasteiger partial charge in [-0.2, -0.15) is 5.26 Å². The number of benzene rings is 2. The van der Waals surface area contributed by atoms with Gasteiger partial charge in [0, 0.05) is 29.2 Å². The molecule has 178 valence electrons. The van der Waals surface area contributed by atoms with Crippen LogP contribution in [0, 0.1) is 11.3 Å². The largest absolute Gasteiger partial charge is 0.462 e. The second-order valence-electron chi connectivity index (χ2n) is 8.22. The molecule has 1 heterocycles. The summed E-state index contributed by atoms with van der Waals surface area (Å²) in [7, 11) is 0. The molecule has 3 aromatic rings. The van der Waals surface area contributed by atoms with Gasteiger partial charge in [0.2, 0.25) is 5.88 Å². The first-order chi connectivity index (χ1) is 16.3. The standard InChI is InChI=1S/C26H26ClN3O2.C2H6/c1-18(30-25(31)26(2,3)32-24-9-4-5-14-29-24)23(16-19-10-12-22(27)13-11-19)21-8-6-7-20(15-21)17-28;1-2/h4-15,18,23H,16H2,1-3H3,(H,30,31);1-2H3. The summed E-state index contributed by atoms with van der Waals surface area (Å²) in [6.07, 6.45) is 2.30. The van der Waals surface area contributed by atoms with E-state index in [0.29, 0.717) is 22.9 Å². The van der Waals surface area contributed by atoms with Crippen molar-refractivity contribution >= 4 is 17.5 Å². The Balaban J connectivity index is 0.00000199. The Morgan fingerprint density at radius 1 is 1.12 bits per heavy atom. The molecule has 1 aromatic heterocycles. The van der Waals surface area contributed by atoms with Gasteiger partial charge in [-0.3, -0.25) is 4.79 Å². The topological polar surface area (TPSA) is 75.0 Å². The fraction of sp³-hybridized carbons (Fsp3) is 0.321. The van der Waals surface area contributed by atoms with Crippen molar-refractivity contribution < 1.29 is 9.53 Å². The van der Waals surface area contributed by atoms with Crippen LogP contribution in [0.3, 0.4) is 0 Å². The molecule has 1 N–H and O–H groups in total. The Bertz CT molecular complexity index is 1090. The highest BCUT2D eigenvalue weighted by Crippen LogP contribution is 2.27. The third kappa shape index (κ3) is 7.60. The summed E-state index contributed by atoms with van der Waals surface area (Å²) in [4.78, 5) is 17.2. The van der Waals surface area contributed by atoms with Crippen LogP contribution in [0.2, 0.25) is 5.02 Å². The number of ether oxygens (including phenoxy) is 1. The van der Waals surface area contributed by atoms with Crippen molar-refractivity contribution in [3.63, 3.8) is 0 Å². The number of carbonyl (C=O) groups is 1. The van der Waals surface area contributed by atoms with Crippen molar-refractivity contribution in [2.45, 2.75) is 58.6 Å². The molecule has 0 spiro atoms. The van der Waals surface area contributed by atoms with E-state index in [1.165, 1.54) is 0 Å². The lowest BCUT2D eigenvalue weighted by atomic mass is 9.85. The van der Waals surface area contributed by atoms with Crippen LogP contribution in [0.1, 0.15) is 57.2 Å². The first-order valence-electron chi connectivity index (χ1n) is 11.4. The minimum atomic E-state index is -1.11. The zero-order chi connectivity index (χ0) is 25.1. The number of pyridine rings is 1. The maximum absolute atomic E-state index is 13.1. The summed E-state index contributed by atoms with van der Waals surface area (Å²) >= 11 is 6.04. The molecule has 34 heavy (non-hydrogen) atoms. The molecule has 2 aromatic carbocycles. The van der Waals surface area contributed by atoms with Gasteiger partial charge in [-0.25, -0.2) is 4.98 Å². The van der Waals surface area contributed by atoms with E-state index in [0.717, 1.165) is 11.1 Å². The maximum atomic E-state index is 13.1. The minimum Gasteiger partial charge on any atom is -0.462 e. The van der Waals surface area contributed by atoms with Crippen molar-refractivity contribution in [3.05, 3.63) is 94.6 Å². The molecule has 0 radical (unpaired) electrons. The predicted molar refractivity (Wildman–Crippen MR) is 137 cm³/mol. The second kappa shape index (κ2) is 12.8. The average Bonchev–Trinajstić information content (AvgIpc) is 2.85. The second-order valence-corrected chi connectivity index (χ2v) is 8.65. The molecule has 0 aliphatic heterocycles. The van der Waals surface area contributed by atoms with Crippen LogP contribution in [0.25, 0.3) is 0 Å². The van der Waals surface area contributed by atoms with Gasteiger partial charge in [-0.1, -0.05) is 55.8 Å². The van der Waals surface area contributed by atoms with E-state index in [1.54, 1.807) is 38.2 Å². The van der Waals surface area contributed by atoms with E-state index in [9.17, 15) is 10.1 Å². The van der Waals surface area contributed by atoms with Crippen LogP contribution in [0.15, 0.2) is 72.9 Å². The van der Waals surface area contributed by atoms with Crippen LogP contribution in [-0.4, -0.2) is 22.5 Å². The lowest BCUT2D eigenvalue weighted by Gasteiger charge is -2.30. The molecule has 2 unspecified atom stereocenters. The van der Waals surface area contributed by atoms with E-state index in [1.807, 2.05) is 69.3 Å². The fourth-order valence-electron chi connectivity index (χ4n) is 3.49. The van der Waals surface area contributed by atoms with Gasteiger partial charge in [-0.05, 0) is 68.7 Å². The molecule has 0 aliphatic carbocycles. The van der Waals surface area contributed by atoms with Crippen LogP contribution in [0.4, 0.5) is 0 Å². The van der Waals surface area contributed by atoms with Gasteiger partial charge in [-0.15, -0.1) is 0 Å². The number of carbonyl (C=O) groups excluding carboxylic acids is 1. The summed E-state index contributed by atoms with van der Waals surface area (Å²) in [6.45, 7) is 9.40. The molecule has 6 heteroatoms. The Hall–Kier alpha value is -3.36. The van der Waals surface area contributed by atoms with Gasteiger partial charge in [0.15, 0.2) is 5.60 Å². The Morgan fingerprint density at radius 3 is 2.44 bits per heavy atom.